The van der Waals surface area contributed by atoms with Crippen LogP contribution in [0.5, 0.6) is 0 Å². The van der Waals surface area contributed by atoms with Gasteiger partial charge < -0.3 is 16.2 Å². The molecule has 134 valence electrons. The highest BCUT2D eigenvalue weighted by atomic mass is 19.1. The lowest BCUT2D eigenvalue weighted by Crippen LogP contribution is -2.11. The molecule has 3 aromatic rings. The molecule has 0 bridgehead atoms. The van der Waals surface area contributed by atoms with E-state index in [-0.39, 0.29) is 12.4 Å². The summed E-state index contributed by atoms with van der Waals surface area (Å²) in [5.41, 5.74) is 9.88. The first-order valence-electron chi connectivity index (χ1n) is 8.59. The number of pyridine rings is 1. The van der Waals surface area contributed by atoms with Crippen LogP contribution < -0.4 is 11.1 Å². The van der Waals surface area contributed by atoms with Crippen LogP contribution in [0, 0.1) is 5.82 Å². The number of hydrogen-bond acceptors (Lipinski definition) is 4. The fourth-order valence-corrected chi connectivity index (χ4v) is 2.79. The summed E-state index contributed by atoms with van der Waals surface area (Å²) in [6, 6.07) is 18.2. The minimum absolute atomic E-state index is 0.166. The minimum Gasteiger partial charge on any atom is -0.387 e. The highest BCUT2D eigenvalue weighted by Crippen LogP contribution is 2.27. The Hall–Kier alpha value is -2.76. The smallest absolute Gasteiger partial charge is 0.123 e. The van der Waals surface area contributed by atoms with Crippen molar-refractivity contribution in [1.82, 2.24) is 4.98 Å². The van der Waals surface area contributed by atoms with Crippen molar-refractivity contribution in [1.29, 1.82) is 0 Å². The Balaban J connectivity index is 1.71. The Bertz CT molecular complexity index is 852. The second-order valence-corrected chi connectivity index (χ2v) is 6.08. The van der Waals surface area contributed by atoms with Gasteiger partial charge in [-0.2, -0.15) is 0 Å². The number of para-hydroxylation sites is 1. The van der Waals surface area contributed by atoms with Crippen molar-refractivity contribution in [3.63, 3.8) is 0 Å². The van der Waals surface area contributed by atoms with Crippen molar-refractivity contribution >= 4 is 5.69 Å². The second kappa shape index (κ2) is 8.56. The lowest BCUT2D eigenvalue weighted by Gasteiger charge is -2.13. The summed E-state index contributed by atoms with van der Waals surface area (Å²) in [6.45, 7) is 0.851. The maximum absolute atomic E-state index is 13.3. The topological polar surface area (TPSA) is 71.2 Å². The molecule has 26 heavy (non-hydrogen) atoms. The second-order valence-electron chi connectivity index (χ2n) is 6.08. The molecule has 3 rings (SSSR count). The third-order valence-corrected chi connectivity index (χ3v) is 4.22. The van der Waals surface area contributed by atoms with Crippen LogP contribution in [0.25, 0.3) is 11.3 Å². The largest absolute Gasteiger partial charge is 0.387 e. The number of aliphatic hydroxyl groups is 1. The molecule has 1 heterocycles. The molecule has 1 aromatic heterocycles. The lowest BCUT2D eigenvalue weighted by atomic mass is 10.1. The molecule has 0 aliphatic rings. The first-order valence-corrected chi connectivity index (χ1v) is 8.59. The summed E-state index contributed by atoms with van der Waals surface area (Å²) in [5, 5.41) is 13.2. The maximum atomic E-state index is 13.3. The quantitative estimate of drug-likeness (QED) is 0.609. The van der Waals surface area contributed by atoms with Crippen LogP contribution in [0.2, 0.25) is 0 Å². The molecular formula is C21H22FN3O. The van der Waals surface area contributed by atoms with Crippen molar-refractivity contribution in [2.75, 3.05) is 18.4 Å². The molecule has 5 heteroatoms. The predicted octanol–water partition coefficient (Wildman–Crippen LogP) is 3.53. The minimum atomic E-state index is -0.698. The Morgan fingerprint density at radius 1 is 1.08 bits per heavy atom. The zero-order chi connectivity index (χ0) is 18.4. The average molecular weight is 351 g/mol. The molecule has 2 aromatic carbocycles. The van der Waals surface area contributed by atoms with Crippen molar-refractivity contribution < 1.29 is 9.50 Å². The number of rotatable bonds is 7. The normalized spacial score (nSPS) is 12.0. The third kappa shape index (κ3) is 4.45. The number of nitrogens with two attached hydrogens (primary N) is 1. The number of nitrogens with one attached hydrogen (secondary N) is 1. The zero-order valence-electron chi connectivity index (χ0n) is 14.4. The Labute approximate surface area is 152 Å². The van der Waals surface area contributed by atoms with E-state index in [1.807, 2.05) is 42.5 Å². The zero-order valence-corrected chi connectivity index (χ0v) is 14.4. The summed E-state index contributed by atoms with van der Waals surface area (Å²) in [4.78, 5) is 4.45. The molecule has 4 nitrogen and oxygen atoms in total. The Morgan fingerprint density at radius 3 is 2.65 bits per heavy atom. The predicted molar refractivity (Wildman–Crippen MR) is 102 cm³/mol. The third-order valence-electron chi connectivity index (χ3n) is 4.22. The van der Waals surface area contributed by atoms with Crippen molar-refractivity contribution in [3.05, 3.63) is 83.8 Å². The first kappa shape index (κ1) is 18.0. The molecule has 0 saturated carbocycles. The van der Waals surface area contributed by atoms with E-state index >= 15 is 0 Å². The lowest BCUT2D eigenvalue weighted by molar-refractivity contribution is 0.186. The molecular weight excluding hydrogens is 329 g/mol. The highest BCUT2D eigenvalue weighted by molar-refractivity contribution is 5.75. The van der Waals surface area contributed by atoms with Crippen LogP contribution in [-0.2, 0) is 6.42 Å². The van der Waals surface area contributed by atoms with Gasteiger partial charge in [0.05, 0.1) is 11.8 Å². The van der Waals surface area contributed by atoms with Gasteiger partial charge in [-0.3, -0.25) is 4.98 Å². The van der Waals surface area contributed by atoms with Crippen LogP contribution in [-0.4, -0.2) is 23.2 Å². The Kier molecular flexibility index (Phi) is 5.94. The summed E-state index contributed by atoms with van der Waals surface area (Å²) >= 11 is 0. The van der Waals surface area contributed by atoms with Gasteiger partial charge in [-0.25, -0.2) is 4.39 Å². The van der Waals surface area contributed by atoms with E-state index < -0.39 is 6.10 Å². The number of halogens is 1. The maximum Gasteiger partial charge on any atom is 0.123 e. The molecule has 0 fully saturated rings. The van der Waals surface area contributed by atoms with E-state index in [1.54, 1.807) is 18.3 Å². The van der Waals surface area contributed by atoms with E-state index in [0.29, 0.717) is 12.1 Å². The van der Waals surface area contributed by atoms with Crippen molar-refractivity contribution in [2.45, 2.75) is 12.5 Å². The van der Waals surface area contributed by atoms with Crippen LogP contribution in [0.15, 0.2) is 66.9 Å². The summed E-state index contributed by atoms with van der Waals surface area (Å²) in [5.74, 6) is -0.216. The SMILES string of the molecule is NCC(O)c1ccc(-c2ccccc2NCCc2cccc(F)c2)nc1. The van der Waals surface area contributed by atoms with Gasteiger partial charge in [0.25, 0.3) is 0 Å². The number of benzene rings is 2. The van der Waals surface area contributed by atoms with Crippen LogP contribution in [0.4, 0.5) is 10.1 Å². The van der Waals surface area contributed by atoms with Gasteiger partial charge in [0.15, 0.2) is 0 Å². The summed E-state index contributed by atoms with van der Waals surface area (Å²) in [6.07, 6.45) is 1.67. The molecule has 1 unspecified atom stereocenters. The van der Waals surface area contributed by atoms with Crippen LogP contribution in [0.1, 0.15) is 17.2 Å². The van der Waals surface area contributed by atoms with E-state index in [4.69, 9.17) is 5.73 Å². The van der Waals surface area contributed by atoms with Gasteiger partial charge in [-0.1, -0.05) is 36.4 Å². The fourth-order valence-electron chi connectivity index (χ4n) is 2.79. The van der Waals surface area contributed by atoms with Gasteiger partial charge in [0.1, 0.15) is 5.82 Å². The molecule has 0 aliphatic carbocycles. The molecule has 0 amide bonds. The number of anilines is 1. The summed E-state index contributed by atoms with van der Waals surface area (Å²) < 4.78 is 13.3. The molecule has 1 atom stereocenters. The van der Waals surface area contributed by atoms with Crippen LogP contribution >= 0.6 is 0 Å². The van der Waals surface area contributed by atoms with Gasteiger partial charge in [0, 0.05) is 36.1 Å². The first-order chi connectivity index (χ1) is 12.7. The van der Waals surface area contributed by atoms with E-state index in [1.165, 1.54) is 6.07 Å². The summed E-state index contributed by atoms with van der Waals surface area (Å²) in [7, 11) is 0. The number of aliphatic hydroxyl groups excluding tert-OH is 1. The average Bonchev–Trinajstić information content (AvgIpc) is 2.68. The van der Waals surface area contributed by atoms with Gasteiger partial charge in [-0.15, -0.1) is 0 Å². The number of aromatic nitrogens is 1. The van der Waals surface area contributed by atoms with Crippen molar-refractivity contribution in [3.8, 4) is 11.3 Å². The van der Waals surface area contributed by atoms with E-state index in [9.17, 15) is 9.50 Å². The molecule has 0 spiro atoms. The Morgan fingerprint density at radius 2 is 1.92 bits per heavy atom. The molecule has 4 N–H and O–H groups in total. The molecule has 0 aliphatic heterocycles. The van der Waals surface area contributed by atoms with Crippen LogP contribution in [0.3, 0.4) is 0 Å². The highest BCUT2D eigenvalue weighted by Gasteiger charge is 2.09. The van der Waals surface area contributed by atoms with Gasteiger partial charge >= 0.3 is 0 Å². The standard InChI is InChI=1S/C21H22FN3O/c22-17-5-3-4-15(12-17)10-11-24-19-7-2-1-6-18(19)20-9-8-16(14-25-20)21(26)13-23/h1-9,12,14,21,24,26H,10-11,13,23H2. The molecule has 0 radical (unpaired) electrons. The fraction of sp³-hybridized carbons (Fsp3) is 0.190. The van der Waals surface area contributed by atoms with Crippen molar-refractivity contribution in [2.24, 2.45) is 5.73 Å². The van der Waals surface area contributed by atoms with E-state index in [0.717, 1.165) is 28.9 Å². The van der Waals surface area contributed by atoms with Gasteiger partial charge in [0.2, 0.25) is 0 Å². The molecule has 0 saturated heterocycles. The number of hydrogen-bond donors (Lipinski definition) is 3. The number of nitrogens with zero attached hydrogens (tertiary/aromatic N) is 1. The monoisotopic (exact) mass is 351 g/mol. The van der Waals surface area contributed by atoms with Gasteiger partial charge in [-0.05, 0) is 36.2 Å². The van der Waals surface area contributed by atoms with E-state index in [2.05, 4.69) is 10.3 Å².